The highest BCUT2D eigenvalue weighted by molar-refractivity contribution is 5.98. The molecular formula is C27H36N4O5. The fraction of sp³-hybridized carbons (Fsp3) is 0.481. The third kappa shape index (κ3) is 6.60. The third-order valence-corrected chi connectivity index (χ3v) is 6.35. The molecule has 0 aliphatic carbocycles. The van der Waals surface area contributed by atoms with Gasteiger partial charge in [0.25, 0.3) is 11.8 Å². The zero-order chi connectivity index (χ0) is 26.2. The van der Waals surface area contributed by atoms with Crippen molar-refractivity contribution in [2.75, 3.05) is 39.2 Å². The molecule has 0 saturated carbocycles. The molecule has 9 nitrogen and oxygen atoms in total. The summed E-state index contributed by atoms with van der Waals surface area (Å²) in [5.41, 5.74) is 1.28. The van der Waals surface area contributed by atoms with E-state index in [0.717, 1.165) is 6.42 Å². The molecule has 1 aromatic heterocycles. The summed E-state index contributed by atoms with van der Waals surface area (Å²) in [7, 11) is 3.33. The maximum Gasteiger partial charge on any atom is 0.272 e. The number of fused-ring (bicyclic) bond motifs is 1. The first-order valence-corrected chi connectivity index (χ1v) is 12.3. The second-order valence-electron chi connectivity index (χ2n) is 9.28. The number of hydrogen-bond acceptors (Lipinski definition) is 6. The zero-order valence-electron chi connectivity index (χ0n) is 21.7. The van der Waals surface area contributed by atoms with Gasteiger partial charge < -0.3 is 24.6 Å². The molecule has 1 aliphatic heterocycles. The van der Waals surface area contributed by atoms with Crippen LogP contribution >= 0.6 is 0 Å². The second kappa shape index (κ2) is 12.5. The van der Waals surface area contributed by atoms with Crippen LogP contribution in [0.3, 0.4) is 0 Å². The van der Waals surface area contributed by atoms with E-state index in [0.29, 0.717) is 42.2 Å². The molecule has 1 aliphatic rings. The molecule has 0 fully saturated rings. The molecule has 3 amide bonds. The number of pyridine rings is 1. The number of rotatable bonds is 5. The number of carbonyl (C=O) groups excluding carboxylic acids is 3. The standard InChI is InChI=1S/C27H36N4O5/c1-6-9-25(32)29-20-11-12-21-23(14-20)36-17-19(3)31(27(34)22-10-7-8-13-28-22)15-18(2)24(35-5)16-30(4)26(21)33/h7-8,10-14,18-19,24H,6,9,15-17H2,1-5H3,(H,29,32)/t18-,19-,24+/m0/s1. The van der Waals surface area contributed by atoms with Gasteiger partial charge in [0.05, 0.1) is 17.7 Å². The Morgan fingerprint density at radius 2 is 1.97 bits per heavy atom. The van der Waals surface area contributed by atoms with Gasteiger partial charge in [-0.3, -0.25) is 19.4 Å². The smallest absolute Gasteiger partial charge is 0.272 e. The minimum Gasteiger partial charge on any atom is -0.491 e. The van der Waals surface area contributed by atoms with Crippen LogP contribution in [0.4, 0.5) is 5.69 Å². The van der Waals surface area contributed by atoms with E-state index in [4.69, 9.17) is 9.47 Å². The lowest BCUT2D eigenvalue weighted by Crippen LogP contribution is -2.48. The minimum atomic E-state index is -0.321. The molecule has 1 aromatic carbocycles. The summed E-state index contributed by atoms with van der Waals surface area (Å²) in [4.78, 5) is 46.4. The van der Waals surface area contributed by atoms with E-state index in [-0.39, 0.29) is 42.4 Å². The topological polar surface area (TPSA) is 101 Å². The molecule has 0 bridgehead atoms. The van der Waals surface area contributed by atoms with E-state index >= 15 is 0 Å². The fourth-order valence-electron chi connectivity index (χ4n) is 4.22. The lowest BCUT2D eigenvalue weighted by Gasteiger charge is -2.36. The Kier molecular flexibility index (Phi) is 9.41. The predicted octanol–water partition coefficient (Wildman–Crippen LogP) is 3.47. The van der Waals surface area contributed by atoms with Gasteiger partial charge in [0.15, 0.2) is 0 Å². The number of hydrogen-bond donors (Lipinski definition) is 1. The van der Waals surface area contributed by atoms with Crippen LogP contribution in [0.5, 0.6) is 5.75 Å². The van der Waals surface area contributed by atoms with Crippen molar-refractivity contribution in [1.82, 2.24) is 14.8 Å². The van der Waals surface area contributed by atoms with Crippen LogP contribution in [0.2, 0.25) is 0 Å². The summed E-state index contributed by atoms with van der Waals surface area (Å²) in [5, 5.41) is 2.85. The Balaban J connectivity index is 1.97. The van der Waals surface area contributed by atoms with E-state index in [2.05, 4.69) is 10.3 Å². The summed E-state index contributed by atoms with van der Waals surface area (Å²) >= 11 is 0. The van der Waals surface area contributed by atoms with Gasteiger partial charge in [0.1, 0.15) is 18.1 Å². The van der Waals surface area contributed by atoms with Crippen LogP contribution in [0, 0.1) is 5.92 Å². The summed E-state index contributed by atoms with van der Waals surface area (Å²) in [6, 6.07) is 9.94. The van der Waals surface area contributed by atoms with Crippen LogP contribution in [-0.2, 0) is 9.53 Å². The SMILES string of the molecule is CCCC(=O)Nc1ccc2c(c1)OC[C@H](C)N(C(=O)c1ccccn1)C[C@H](C)[C@H](OC)CN(C)C2=O. The van der Waals surface area contributed by atoms with Crippen molar-refractivity contribution in [2.24, 2.45) is 5.92 Å². The normalized spacial score (nSPS) is 21.0. The van der Waals surface area contributed by atoms with Gasteiger partial charge in [-0.05, 0) is 37.6 Å². The Hall–Kier alpha value is -3.46. The van der Waals surface area contributed by atoms with Crippen molar-refractivity contribution >= 4 is 23.4 Å². The molecule has 3 rings (SSSR count). The van der Waals surface area contributed by atoms with Crippen LogP contribution < -0.4 is 10.1 Å². The predicted molar refractivity (Wildman–Crippen MR) is 137 cm³/mol. The van der Waals surface area contributed by atoms with Crippen LogP contribution in [0.15, 0.2) is 42.6 Å². The van der Waals surface area contributed by atoms with Crippen molar-refractivity contribution < 1.29 is 23.9 Å². The quantitative estimate of drug-likeness (QED) is 0.680. The molecule has 0 radical (unpaired) electrons. The highest BCUT2D eigenvalue weighted by atomic mass is 16.5. The van der Waals surface area contributed by atoms with Crippen molar-refractivity contribution in [2.45, 2.75) is 45.8 Å². The number of nitrogens with one attached hydrogen (secondary N) is 1. The van der Waals surface area contributed by atoms with Gasteiger partial charge in [-0.15, -0.1) is 0 Å². The summed E-state index contributed by atoms with van der Waals surface area (Å²) < 4.78 is 11.9. The molecule has 2 aromatic rings. The van der Waals surface area contributed by atoms with Crippen LogP contribution in [0.25, 0.3) is 0 Å². The molecule has 0 unspecified atom stereocenters. The highest BCUT2D eigenvalue weighted by Crippen LogP contribution is 2.27. The fourth-order valence-corrected chi connectivity index (χ4v) is 4.22. The Morgan fingerprint density at radius 3 is 2.64 bits per heavy atom. The molecule has 2 heterocycles. The van der Waals surface area contributed by atoms with Gasteiger partial charge >= 0.3 is 0 Å². The number of methoxy groups -OCH3 is 1. The average molecular weight is 497 g/mol. The molecule has 9 heteroatoms. The largest absolute Gasteiger partial charge is 0.491 e. The lowest BCUT2D eigenvalue weighted by atomic mass is 10.0. The molecule has 1 N–H and O–H groups in total. The number of aromatic nitrogens is 1. The maximum atomic E-state index is 13.4. The molecule has 194 valence electrons. The van der Waals surface area contributed by atoms with Gasteiger partial charge in [0, 0.05) is 57.5 Å². The Morgan fingerprint density at radius 1 is 1.19 bits per heavy atom. The van der Waals surface area contributed by atoms with E-state index in [1.807, 2.05) is 20.8 Å². The van der Waals surface area contributed by atoms with Gasteiger partial charge in [0.2, 0.25) is 5.91 Å². The molecule has 3 atom stereocenters. The number of anilines is 1. The van der Waals surface area contributed by atoms with Crippen LogP contribution in [0.1, 0.15) is 54.5 Å². The van der Waals surface area contributed by atoms with Crippen molar-refractivity contribution in [3.8, 4) is 5.75 Å². The first-order chi connectivity index (χ1) is 17.2. The molecule has 0 saturated heterocycles. The van der Waals surface area contributed by atoms with E-state index in [1.54, 1.807) is 66.6 Å². The summed E-state index contributed by atoms with van der Waals surface area (Å²) in [6.45, 7) is 6.74. The Labute approximate surface area is 212 Å². The summed E-state index contributed by atoms with van der Waals surface area (Å²) in [5.74, 6) is -0.223. The number of ether oxygens (including phenoxy) is 2. The van der Waals surface area contributed by atoms with Crippen molar-refractivity contribution in [3.63, 3.8) is 0 Å². The van der Waals surface area contributed by atoms with E-state index in [1.165, 1.54) is 0 Å². The van der Waals surface area contributed by atoms with Crippen LogP contribution in [-0.4, -0.2) is 78.5 Å². The number of benzene rings is 1. The minimum absolute atomic E-state index is 0.0598. The lowest BCUT2D eigenvalue weighted by molar-refractivity contribution is -0.116. The average Bonchev–Trinajstić information content (AvgIpc) is 2.88. The number of carbonyl (C=O) groups is 3. The molecule has 36 heavy (non-hydrogen) atoms. The maximum absolute atomic E-state index is 13.4. The highest BCUT2D eigenvalue weighted by Gasteiger charge is 2.31. The third-order valence-electron chi connectivity index (χ3n) is 6.35. The summed E-state index contributed by atoms with van der Waals surface area (Å²) in [6.07, 6.45) is 2.43. The van der Waals surface area contributed by atoms with E-state index in [9.17, 15) is 14.4 Å². The zero-order valence-corrected chi connectivity index (χ0v) is 21.7. The number of likely N-dealkylation sites (N-methyl/N-ethyl adjacent to an activating group) is 1. The second-order valence-corrected chi connectivity index (χ2v) is 9.28. The van der Waals surface area contributed by atoms with Gasteiger partial charge in [-0.25, -0.2) is 0 Å². The van der Waals surface area contributed by atoms with Gasteiger partial charge in [-0.2, -0.15) is 0 Å². The number of amides is 3. The van der Waals surface area contributed by atoms with Crippen molar-refractivity contribution in [3.05, 3.63) is 53.9 Å². The first-order valence-electron chi connectivity index (χ1n) is 12.3. The first kappa shape index (κ1) is 27.1. The monoisotopic (exact) mass is 496 g/mol. The Bertz CT molecular complexity index is 1060. The number of nitrogens with zero attached hydrogens (tertiary/aromatic N) is 3. The van der Waals surface area contributed by atoms with E-state index < -0.39 is 0 Å². The van der Waals surface area contributed by atoms with Crippen molar-refractivity contribution in [1.29, 1.82) is 0 Å². The van der Waals surface area contributed by atoms with Gasteiger partial charge in [-0.1, -0.05) is 19.9 Å². The molecule has 0 spiro atoms. The molecular weight excluding hydrogens is 460 g/mol.